The van der Waals surface area contributed by atoms with Crippen molar-refractivity contribution in [1.82, 2.24) is 35.6 Å². The molecule has 0 aliphatic carbocycles. The molecule has 0 unspecified atom stereocenters. The van der Waals surface area contributed by atoms with Crippen molar-refractivity contribution in [2.75, 3.05) is 18.4 Å². The number of carbonyl (C=O) groups excluding carboxylic acids is 4. The number of hydrogen-bond donors (Lipinski definition) is 8. The van der Waals surface area contributed by atoms with E-state index < -0.39 is 70.3 Å². The van der Waals surface area contributed by atoms with Crippen LogP contribution in [0.15, 0.2) is 94.5 Å². The van der Waals surface area contributed by atoms with Crippen LogP contribution in [0.2, 0.25) is 0 Å². The SMILES string of the molecule is CC(=O)N[C@H]1C[C@H](C(=O)N[C@H](CCCCNC(=S)Nc2ccc3c(c2)C(=O)OC32c3ccc(O)cc3Oc3cc(O)ccc32)C(=O)O)N(C(=O)c2nn(-c3ccccc3)c(=O)[nH]c2=O)C1. The van der Waals surface area contributed by atoms with Crippen molar-refractivity contribution in [3.8, 4) is 28.7 Å². The second-order valence-electron chi connectivity index (χ2n) is 15.5. The molecule has 334 valence electrons. The Kier molecular flexibility index (Phi) is 11.8. The molecule has 65 heavy (non-hydrogen) atoms. The summed E-state index contributed by atoms with van der Waals surface area (Å²) in [5.74, 6) is -3.86. The number of carboxylic acid groups (broad SMARTS) is 1. The van der Waals surface area contributed by atoms with Crippen LogP contribution in [0.1, 0.15) is 70.1 Å². The van der Waals surface area contributed by atoms with Gasteiger partial charge in [-0.25, -0.2) is 14.4 Å². The van der Waals surface area contributed by atoms with Gasteiger partial charge in [-0.2, -0.15) is 9.78 Å². The number of anilines is 1. The number of aromatic amines is 1. The topological polar surface area (TPSA) is 284 Å². The summed E-state index contributed by atoms with van der Waals surface area (Å²) in [5, 5.41) is 45.8. The lowest BCUT2D eigenvalue weighted by Crippen LogP contribution is -2.52. The highest BCUT2D eigenvalue weighted by Gasteiger charge is 2.54. The highest BCUT2D eigenvalue weighted by Crippen LogP contribution is 2.57. The number of aliphatic carboxylic acids is 1. The van der Waals surface area contributed by atoms with E-state index in [1.807, 2.05) is 0 Å². The van der Waals surface area contributed by atoms with Gasteiger partial charge in [-0.3, -0.25) is 24.2 Å². The Balaban J connectivity index is 0.885. The van der Waals surface area contributed by atoms with Crippen molar-refractivity contribution < 1.29 is 48.8 Å². The lowest BCUT2D eigenvalue weighted by atomic mass is 9.77. The number of rotatable bonds is 12. The van der Waals surface area contributed by atoms with Crippen molar-refractivity contribution in [1.29, 1.82) is 0 Å². The number of benzene rings is 4. The van der Waals surface area contributed by atoms with Crippen LogP contribution in [0, 0.1) is 0 Å². The third-order valence-corrected chi connectivity index (χ3v) is 11.4. The van der Waals surface area contributed by atoms with Crippen LogP contribution in [-0.4, -0.2) is 101 Å². The predicted molar refractivity (Wildman–Crippen MR) is 233 cm³/mol. The van der Waals surface area contributed by atoms with Crippen LogP contribution < -0.4 is 37.3 Å². The van der Waals surface area contributed by atoms with Crippen LogP contribution >= 0.6 is 12.2 Å². The molecule has 1 spiro atoms. The fourth-order valence-corrected chi connectivity index (χ4v) is 8.50. The fourth-order valence-electron chi connectivity index (χ4n) is 8.28. The van der Waals surface area contributed by atoms with Crippen molar-refractivity contribution in [2.24, 2.45) is 0 Å². The molecule has 0 radical (unpaired) electrons. The normalized spacial score (nSPS) is 16.8. The Hall–Kier alpha value is -8.07. The summed E-state index contributed by atoms with van der Waals surface area (Å²) >= 11 is 5.50. The number of hydrogen-bond acceptors (Lipinski definition) is 13. The quantitative estimate of drug-likeness (QED) is 0.0507. The summed E-state index contributed by atoms with van der Waals surface area (Å²) in [6.07, 6.45) is 0.627. The smallest absolute Gasteiger partial charge is 0.349 e. The predicted octanol–water partition coefficient (Wildman–Crippen LogP) is 2.35. The number of unbranched alkanes of at least 4 members (excludes halogenated alkanes) is 1. The van der Waals surface area contributed by atoms with Gasteiger partial charge in [-0.15, -0.1) is 0 Å². The van der Waals surface area contributed by atoms with Crippen LogP contribution in [0.25, 0.3) is 5.69 Å². The zero-order valence-electron chi connectivity index (χ0n) is 34.3. The van der Waals surface area contributed by atoms with Crippen LogP contribution in [0.5, 0.6) is 23.0 Å². The first-order valence-corrected chi connectivity index (χ1v) is 20.7. The number of esters is 1. The average Bonchev–Trinajstić information content (AvgIpc) is 3.81. The summed E-state index contributed by atoms with van der Waals surface area (Å²) in [6, 6.07) is 18.6. The maximum absolute atomic E-state index is 13.8. The average molecular weight is 905 g/mol. The molecule has 5 aromatic rings. The van der Waals surface area contributed by atoms with Gasteiger partial charge in [0.05, 0.1) is 11.3 Å². The Bertz CT molecular complexity index is 2850. The molecule has 3 aliphatic rings. The highest BCUT2D eigenvalue weighted by atomic mass is 32.1. The van der Waals surface area contributed by atoms with E-state index in [2.05, 4.69) is 31.3 Å². The number of aromatic hydroxyl groups is 2. The Morgan fingerprint density at radius 2 is 1.60 bits per heavy atom. The van der Waals surface area contributed by atoms with E-state index in [4.69, 9.17) is 21.7 Å². The first-order chi connectivity index (χ1) is 31.1. The summed E-state index contributed by atoms with van der Waals surface area (Å²) < 4.78 is 12.9. The second kappa shape index (κ2) is 17.6. The molecule has 3 atom stereocenters. The number of amides is 3. The number of thiocarbonyl (C=S) groups is 1. The van der Waals surface area contributed by atoms with Gasteiger partial charge >= 0.3 is 17.6 Å². The maximum Gasteiger partial charge on any atom is 0.349 e. The largest absolute Gasteiger partial charge is 0.508 e. The summed E-state index contributed by atoms with van der Waals surface area (Å²) in [7, 11) is 0. The number of nitrogens with zero attached hydrogens (tertiary/aromatic N) is 3. The molecule has 1 fully saturated rings. The van der Waals surface area contributed by atoms with Crippen molar-refractivity contribution in [2.45, 2.75) is 56.3 Å². The molecule has 21 heteroatoms. The Morgan fingerprint density at radius 3 is 2.26 bits per heavy atom. The monoisotopic (exact) mass is 904 g/mol. The molecule has 0 saturated carbocycles. The van der Waals surface area contributed by atoms with Crippen molar-refractivity contribution in [3.05, 3.63) is 134 Å². The van der Waals surface area contributed by atoms with Gasteiger partial charge in [0.15, 0.2) is 10.7 Å². The number of carbonyl (C=O) groups is 5. The molecule has 8 rings (SSSR count). The lowest BCUT2D eigenvalue weighted by Gasteiger charge is -2.36. The highest BCUT2D eigenvalue weighted by molar-refractivity contribution is 7.80. The number of phenolic OH excluding ortho intramolecular Hbond substituents is 2. The lowest BCUT2D eigenvalue weighted by molar-refractivity contribution is -0.142. The molecule has 8 N–H and O–H groups in total. The molecule has 4 heterocycles. The van der Waals surface area contributed by atoms with E-state index in [-0.39, 0.29) is 58.7 Å². The first kappa shape index (κ1) is 43.6. The minimum atomic E-state index is -1.43. The molecule has 1 aromatic heterocycles. The van der Waals surface area contributed by atoms with Gasteiger partial charge in [0.2, 0.25) is 17.5 Å². The number of phenols is 2. The number of para-hydroxylation sites is 1. The zero-order chi connectivity index (χ0) is 46.2. The van der Waals surface area contributed by atoms with Crippen molar-refractivity contribution >= 4 is 52.7 Å². The zero-order valence-corrected chi connectivity index (χ0v) is 35.1. The second-order valence-corrected chi connectivity index (χ2v) is 15.9. The number of ether oxygens (including phenoxy) is 2. The van der Waals surface area contributed by atoms with Gasteiger partial charge in [0.25, 0.3) is 11.5 Å². The summed E-state index contributed by atoms with van der Waals surface area (Å²) in [4.78, 5) is 93.8. The minimum Gasteiger partial charge on any atom is -0.508 e. The maximum atomic E-state index is 13.8. The number of fused-ring (bicyclic) bond motifs is 6. The number of likely N-dealkylation sites (tertiary alicyclic amines) is 1. The molecule has 1 saturated heterocycles. The van der Waals surface area contributed by atoms with Gasteiger partial charge in [0, 0.05) is 60.6 Å². The standard InChI is InChI=1S/C44H40N8O12S/c1-22(53)46-24-18-33(51(21-24)39(58)36-38(57)49-43(62)52(50-36)25-7-3-2-4-8-25)37(56)48-32(40(59)60)9-5-6-16-45-42(65)47-23-10-13-29-28(17-23)41(61)64-44(29)30-14-11-26(54)19-34(30)63-35-20-27(55)12-15-31(35)44/h2-4,7-8,10-15,17,19-20,24,32-33,54-55H,5-6,9,16,18,21H2,1H3,(H,46,53)(H,48,56)(H,59,60)(H2,45,47,65)(H,49,57,62)/t24-,32+,33+/m0/s1. The van der Waals surface area contributed by atoms with Gasteiger partial charge in [0.1, 0.15) is 35.1 Å². The van der Waals surface area contributed by atoms with E-state index in [1.54, 1.807) is 48.5 Å². The fraction of sp³-hybridized carbons (Fsp3) is 0.250. The molecule has 0 bridgehead atoms. The summed E-state index contributed by atoms with van der Waals surface area (Å²) in [6.45, 7) is 1.35. The number of carboxylic acids is 1. The van der Waals surface area contributed by atoms with E-state index in [9.17, 15) is 48.9 Å². The summed E-state index contributed by atoms with van der Waals surface area (Å²) in [5.41, 5.74) is -1.67. The molecule has 20 nitrogen and oxygen atoms in total. The molecular weight excluding hydrogens is 865 g/mol. The third kappa shape index (κ3) is 8.55. The van der Waals surface area contributed by atoms with Crippen LogP contribution in [0.3, 0.4) is 0 Å². The number of nitrogens with one attached hydrogen (secondary N) is 5. The van der Waals surface area contributed by atoms with E-state index >= 15 is 0 Å². The van der Waals surface area contributed by atoms with Gasteiger partial charge in [-0.1, -0.05) is 24.3 Å². The first-order valence-electron chi connectivity index (χ1n) is 20.3. The van der Waals surface area contributed by atoms with Gasteiger partial charge < -0.3 is 51.0 Å². The number of aromatic nitrogens is 3. The Labute approximate surface area is 373 Å². The van der Waals surface area contributed by atoms with Crippen LogP contribution in [0.4, 0.5) is 5.69 Å². The molecule has 3 amide bonds. The molecule has 4 aromatic carbocycles. The van der Waals surface area contributed by atoms with E-state index in [0.717, 1.165) is 9.58 Å². The third-order valence-electron chi connectivity index (χ3n) is 11.2. The van der Waals surface area contributed by atoms with Crippen molar-refractivity contribution in [3.63, 3.8) is 0 Å². The molecular formula is C44H40N8O12S. The van der Waals surface area contributed by atoms with Crippen LogP contribution in [-0.2, 0) is 24.7 Å². The molecule has 3 aliphatic heterocycles. The minimum absolute atomic E-state index is 0.00674. The Morgan fingerprint density at radius 1 is 0.923 bits per heavy atom. The van der Waals surface area contributed by atoms with Gasteiger partial charge in [-0.05, 0) is 86.4 Å². The number of H-pyrrole nitrogens is 1. The van der Waals surface area contributed by atoms with E-state index in [0.29, 0.717) is 41.8 Å². The van der Waals surface area contributed by atoms with E-state index in [1.165, 1.54) is 43.3 Å².